The van der Waals surface area contributed by atoms with E-state index in [1.54, 1.807) is 18.2 Å². The van der Waals surface area contributed by atoms with E-state index < -0.39 is 17.5 Å². The lowest BCUT2D eigenvalue weighted by atomic mass is 9.91. The number of ether oxygens (including phenoxy) is 1. The normalized spacial score (nSPS) is 11.2. The van der Waals surface area contributed by atoms with Crippen molar-refractivity contribution in [2.75, 3.05) is 0 Å². The van der Waals surface area contributed by atoms with Gasteiger partial charge in [0.15, 0.2) is 11.6 Å². The maximum atomic E-state index is 14.4. The van der Waals surface area contributed by atoms with E-state index in [1.165, 1.54) is 18.2 Å². The fourth-order valence-corrected chi connectivity index (χ4v) is 3.87. The van der Waals surface area contributed by atoms with Crippen LogP contribution in [0, 0.1) is 5.82 Å². The average Bonchev–Trinajstić information content (AvgIpc) is 2.81. The number of nitrogens with two attached hydrogens (primary N) is 1. The third-order valence-electron chi connectivity index (χ3n) is 5.36. The number of carbonyl (C=O) groups is 1. The third kappa shape index (κ3) is 4.88. The van der Waals surface area contributed by atoms with Gasteiger partial charge in [0.05, 0.1) is 0 Å². The molecular weight excluding hydrogens is 417 g/mol. The number of phenolic OH excluding ortho intramolecular Hbond substituents is 1. The molecule has 0 fully saturated rings. The molecule has 0 radical (unpaired) electrons. The standard InChI is InChI=1S/C28H24FNO3/c1-2-6-20-15-21-16-25(31)24(29)17-23(21)28(27(20)19-7-4-3-5-8-19)33-22-12-9-18(10-13-22)11-14-26(30)32/h3-5,7-17,31H,2,6H2,1H3,(H2,30,32). The Morgan fingerprint density at radius 1 is 1.06 bits per heavy atom. The van der Waals surface area contributed by atoms with E-state index in [0.29, 0.717) is 22.3 Å². The van der Waals surface area contributed by atoms with Crippen LogP contribution < -0.4 is 10.5 Å². The van der Waals surface area contributed by atoms with E-state index in [2.05, 4.69) is 6.92 Å². The zero-order valence-electron chi connectivity index (χ0n) is 18.2. The van der Waals surface area contributed by atoms with Crippen molar-refractivity contribution in [3.05, 3.63) is 95.8 Å². The van der Waals surface area contributed by atoms with Gasteiger partial charge in [0, 0.05) is 17.0 Å². The van der Waals surface area contributed by atoms with Gasteiger partial charge in [-0.3, -0.25) is 4.79 Å². The minimum atomic E-state index is -0.707. The molecule has 0 aliphatic rings. The monoisotopic (exact) mass is 441 g/mol. The van der Waals surface area contributed by atoms with Crippen molar-refractivity contribution in [3.8, 4) is 28.4 Å². The van der Waals surface area contributed by atoms with Gasteiger partial charge in [-0.15, -0.1) is 0 Å². The van der Waals surface area contributed by atoms with Crippen LogP contribution in [0.25, 0.3) is 28.0 Å². The molecule has 0 unspecified atom stereocenters. The third-order valence-corrected chi connectivity index (χ3v) is 5.36. The Morgan fingerprint density at radius 3 is 2.45 bits per heavy atom. The first kappa shape index (κ1) is 22.1. The Morgan fingerprint density at radius 2 is 1.79 bits per heavy atom. The van der Waals surface area contributed by atoms with E-state index in [-0.39, 0.29) is 0 Å². The molecule has 0 aliphatic heterocycles. The quantitative estimate of drug-likeness (QED) is 0.318. The van der Waals surface area contributed by atoms with Gasteiger partial charge in [-0.25, -0.2) is 4.39 Å². The predicted molar refractivity (Wildman–Crippen MR) is 130 cm³/mol. The van der Waals surface area contributed by atoms with E-state index >= 15 is 0 Å². The number of amides is 1. The fraction of sp³-hybridized carbons (Fsp3) is 0.107. The number of benzene rings is 4. The fourth-order valence-electron chi connectivity index (χ4n) is 3.87. The van der Waals surface area contributed by atoms with E-state index in [0.717, 1.165) is 35.1 Å². The maximum absolute atomic E-state index is 14.4. The largest absolute Gasteiger partial charge is 0.505 e. The Kier molecular flexibility index (Phi) is 6.41. The number of hydrogen-bond acceptors (Lipinski definition) is 3. The zero-order valence-corrected chi connectivity index (χ0v) is 18.2. The van der Waals surface area contributed by atoms with Crippen LogP contribution in [0.1, 0.15) is 24.5 Å². The highest BCUT2D eigenvalue weighted by Gasteiger charge is 2.19. The molecular formula is C28H24FNO3. The number of carbonyl (C=O) groups excluding carboxylic acids is 1. The van der Waals surface area contributed by atoms with Gasteiger partial charge in [0.1, 0.15) is 11.5 Å². The van der Waals surface area contributed by atoms with Crippen LogP contribution in [-0.2, 0) is 11.2 Å². The molecule has 0 saturated heterocycles. The summed E-state index contributed by atoms with van der Waals surface area (Å²) in [5, 5.41) is 11.2. The van der Waals surface area contributed by atoms with Gasteiger partial charge in [-0.1, -0.05) is 61.9 Å². The molecule has 0 spiro atoms. The van der Waals surface area contributed by atoms with Crippen LogP contribution in [0.4, 0.5) is 4.39 Å². The molecule has 4 rings (SSSR count). The molecule has 3 N–H and O–H groups in total. The number of primary amides is 1. The van der Waals surface area contributed by atoms with Gasteiger partial charge in [0.2, 0.25) is 5.91 Å². The van der Waals surface area contributed by atoms with E-state index in [4.69, 9.17) is 10.5 Å². The summed E-state index contributed by atoms with van der Waals surface area (Å²) in [5.74, 6) is -0.531. The van der Waals surface area contributed by atoms with Crippen LogP contribution >= 0.6 is 0 Å². The van der Waals surface area contributed by atoms with Crippen molar-refractivity contribution >= 4 is 22.8 Å². The molecule has 0 saturated carbocycles. The van der Waals surface area contributed by atoms with Crippen molar-refractivity contribution in [1.29, 1.82) is 0 Å². The minimum Gasteiger partial charge on any atom is -0.505 e. The summed E-state index contributed by atoms with van der Waals surface area (Å²) in [5.41, 5.74) is 8.87. The van der Waals surface area contributed by atoms with Crippen LogP contribution in [0.3, 0.4) is 0 Å². The minimum absolute atomic E-state index is 0.394. The summed E-state index contributed by atoms with van der Waals surface area (Å²) in [4.78, 5) is 11.0. The summed E-state index contributed by atoms with van der Waals surface area (Å²) in [6, 6.07) is 21.8. The Labute approximate surface area is 191 Å². The number of rotatable bonds is 7. The summed E-state index contributed by atoms with van der Waals surface area (Å²) < 4.78 is 20.8. The first-order valence-electron chi connectivity index (χ1n) is 10.7. The Hall–Kier alpha value is -4.12. The molecule has 166 valence electrons. The van der Waals surface area contributed by atoms with Crippen LogP contribution in [0.2, 0.25) is 0 Å². The number of aryl methyl sites for hydroxylation is 1. The van der Waals surface area contributed by atoms with Crippen molar-refractivity contribution in [2.24, 2.45) is 5.73 Å². The molecule has 5 heteroatoms. The van der Waals surface area contributed by atoms with Gasteiger partial charge in [0.25, 0.3) is 0 Å². The summed E-state index contributed by atoms with van der Waals surface area (Å²) in [6.07, 6.45) is 4.63. The lowest BCUT2D eigenvalue weighted by Gasteiger charge is -2.19. The lowest BCUT2D eigenvalue weighted by molar-refractivity contribution is -0.113. The van der Waals surface area contributed by atoms with E-state index in [1.807, 2.05) is 48.5 Å². The van der Waals surface area contributed by atoms with Gasteiger partial charge in [-0.05, 0) is 58.8 Å². The van der Waals surface area contributed by atoms with E-state index in [9.17, 15) is 14.3 Å². The number of halogens is 1. The highest BCUT2D eigenvalue weighted by atomic mass is 19.1. The molecule has 0 bridgehead atoms. The van der Waals surface area contributed by atoms with Gasteiger partial charge >= 0.3 is 0 Å². The summed E-state index contributed by atoms with van der Waals surface area (Å²) in [6.45, 7) is 2.10. The topological polar surface area (TPSA) is 72.6 Å². The first-order valence-corrected chi connectivity index (χ1v) is 10.7. The van der Waals surface area contributed by atoms with Crippen LogP contribution in [0.5, 0.6) is 17.2 Å². The van der Waals surface area contributed by atoms with Crippen LogP contribution in [-0.4, -0.2) is 11.0 Å². The van der Waals surface area contributed by atoms with Gasteiger partial charge < -0.3 is 15.6 Å². The van der Waals surface area contributed by atoms with Gasteiger partial charge in [-0.2, -0.15) is 0 Å². The summed E-state index contributed by atoms with van der Waals surface area (Å²) >= 11 is 0. The molecule has 1 amide bonds. The average molecular weight is 442 g/mol. The molecule has 33 heavy (non-hydrogen) atoms. The molecule has 4 aromatic carbocycles. The summed E-state index contributed by atoms with van der Waals surface area (Å²) in [7, 11) is 0. The number of hydrogen-bond donors (Lipinski definition) is 2. The van der Waals surface area contributed by atoms with Crippen molar-refractivity contribution in [3.63, 3.8) is 0 Å². The number of aromatic hydroxyl groups is 1. The molecule has 4 nitrogen and oxygen atoms in total. The molecule has 0 aromatic heterocycles. The smallest absolute Gasteiger partial charge is 0.241 e. The first-order chi connectivity index (χ1) is 16.0. The maximum Gasteiger partial charge on any atom is 0.241 e. The molecule has 0 aliphatic carbocycles. The number of phenols is 1. The Bertz CT molecular complexity index is 1330. The second kappa shape index (κ2) is 9.57. The number of fused-ring (bicyclic) bond motifs is 1. The molecule has 0 heterocycles. The highest BCUT2D eigenvalue weighted by molar-refractivity contribution is 5.98. The SMILES string of the molecule is CCCc1cc2cc(O)c(F)cc2c(Oc2ccc(C=CC(N)=O)cc2)c1-c1ccccc1. The van der Waals surface area contributed by atoms with Crippen LogP contribution in [0.15, 0.2) is 78.9 Å². The molecule has 4 aromatic rings. The lowest BCUT2D eigenvalue weighted by Crippen LogP contribution is -2.05. The second-order valence-corrected chi connectivity index (χ2v) is 7.79. The Balaban J connectivity index is 1.90. The zero-order chi connectivity index (χ0) is 23.4. The predicted octanol–water partition coefficient (Wildman–Crippen LogP) is 6.59. The molecule has 0 atom stereocenters. The van der Waals surface area contributed by atoms with Crippen molar-refractivity contribution < 1.29 is 19.0 Å². The highest BCUT2D eigenvalue weighted by Crippen LogP contribution is 2.44. The van der Waals surface area contributed by atoms with Crippen molar-refractivity contribution in [1.82, 2.24) is 0 Å². The van der Waals surface area contributed by atoms with Crippen molar-refractivity contribution in [2.45, 2.75) is 19.8 Å². The second-order valence-electron chi connectivity index (χ2n) is 7.79.